The lowest BCUT2D eigenvalue weighted by Gasteiger charge is -2.48. The Morgan fingerprint density at radius 1 is 0.657 bits per heavy atom. The van der Waals surface area contributed by atoms with Crippen molar-refractivity contribution in [3.8, 4) is 68.2 Å². The second-order valence-corrected chi connectivity index (χ2v) is 39.6. The van der Waals surface area contributed by atoms with Gasteiger partial charge in [-0.05, 0) is 167 Å². The number of primary amides is 1. The lowest BCUT2D eigenvalue weighted by atomic mass is 9.84. The van der Waals surface area contributed by atoms with E-state index in [1.807, 2.05) is 36.4 Å². The third-order valence-electron chi connectivity index (χ3n) is 24.9. The predicted octanol–water partition coefficient (Wildman–Crippen LogP) is 4.03. The van der Waals surface area contributed by atoms with Crippen LogP contribution in [-0.4, -0.2) is 243 Å². The number of phenols is 3. The number of rotatable bonds is 25. The molecular weight excluding hydrogens is 1920 g/mol. The van der Waals surface area contributed by atoms with Crippen molar-refractivity contribution in [1.82, 2.24) is 47.9 Å². The maximum absolute atomic E-state index is 16.8. The molecule has 25 N–H and O–H groups in total. The Balaban J connectivity index is 1.03. The van der Waals surface area contributed by atoms with Gasteiger partial charge in [0.05, 0.1) is 52.3 Å². The number of hydrogen-bond donors (Lipinski definition) is 23. The number of ether oxygens (including phenoxy) is 9. The average Bonchev–Trinajstić information content (AvgIpc) is 0.760. The topological polar surface area (TPSA) is 674 Å². The molecule has 8 amide bonds. The Morgan fingerprint density at radius 3 is 1.84 bits per heavy atom. The van der Waals surface area contributed by atoms with Gasteiger partial charge < -0.3 is 163 Å². The Morgan fingerprint density at radius 2 is 1.24 bits per heavy atom. The number of hydrogen-bond acceptors (Lipinski definition) is 32. The summed E-state index contributed by atoms with van der Waals surface area (Å²) >= 11 is 21.0. The number of carbonyl (C=O) groups is 10. The number of carboxylic acid groups (broad SMARTS) is 1. The minimum atomic E-state index is -5.35. The SMILES string of the molecule is CN[C@H](CC(C)C)C(=O)N[C@H]1C(=O)N[C@@H](CC(N)=O)C(=O)N[C@H]2C(=O)N[C@H]3C(=O)N[C@H](C(=O)N[C@H](C(=O)O)c4cc(O)cc(O)c4-c4cc3ccc4O)[C@H](O[C@H]3C[C@](C)(N)[C@@H](O)[C@H](C)O3)c3ccc(c(Cl)c3)Oc3cc2cc(c3O[C@@H]2O[C@H](COC(=O)C(C)(C)CC(=O)NC(O)P(=O)(O)O)[C@@H](O)[C@H](O)[C@H]2O[C@H]2C[C@](C)(NCc3ccc(-c4ccc(Cl)cc4)cc3)[C@@H](O)[C@H](C)O2)Oc2ccc(cc2Cl)[C@H]1O. The fourth-order valence-electron chi connectivity index (χ4n) is 17.3. The molecule has 0 radical (unpaired) electrons. The monoisotopic (exact) mass is 2030 g/mol. The van der Waals surface area contributed by atoms with Crippen molar-refractivity contribution in [3.05, 3.63) is 176 Å². The maximum atomic E-state index is 16.8. The summed E-state index contributed by atoms with van der Waals surface area (Å²) in [6.45, 7) is 11.0. The van der Waals surface area contributed by atoms with E-state index in [1.54, 1.807) is 38.2 Å². The number of esters is 1. The maximum Gasteiger partial charge on any atom is 0.374 e. The number of likely N-dealkylation sites (N-methyl/N-ethyl adjacent to an activating group) is 1. The van der Waals surface area contributed by atoms with Gasteiger partial charge in [0.25, 0.3) is 0 Å². The number of nitrogens with one attached hydrogen (secondary N) is 9. The fourth-order valence-corrected chi connectivity index (χ4v) is 18.1. The molecule has 8 aliphatic heterocycles. The van der Waals surface area contributed by atoms with E-state index in [0.29, 0.717) is 5.02 Å². The van der Waals surface area contributed by atoms with Gasteiger partial charge >= 0.3 is 19.5 Å². The molecular formula is C93H109Cl3N11O32P. The highest BCUT2D eigenvalue weighted by atomic mass is 35.5. The molecule has 0 saturated carbocycles. The van der Waals surface area contributed by atoms with Crippen LogP contribution in [0.3, 0.4) is 0 Å². The first-order valence-electron chi connectivity index (χ1n) is 44.2. The van der Waals surface area contributed by atoms with Crippen LogP contribution in [0.2, 0.25) is 15.1 Å². The van der Waals surface area contributed by atoms with Crippen LogP contribution in [0.25, 0.3) is 22.3 Å². The van der Waals surface area contributed by atoms with Gasteiger partial charge in [0, 0.05) is 64.7 Å². The highest BCUT2D eigenvalue weighted by Crippen LogP contribution is 2.51. The smallest absolute Gasteiger partial charge is 0.374 e. The Hall–Kier alpha value is -11.5. The first kappa shape index (κ1) is 106. The quantitative estimate of drug-likeness (QED) is 0.0218. The van der Waals surface area contributed by atoms with E-state index in [4.69, 9.17) is 88.9 Å². The lowest BCUT2D eigenvalue weighted by Crippen LogP contribution is -2.65. The summed E-state index contributed by atoms with van der Waals surface area (Å²) in [6, 6.07) is 13.0. The van der Waals surface area contributed by atoms with Crippen LogP contribution < -0.4 is 73.5 Å². The molecule has 8 heterocycles. The molecule has 23 atom stereocenters. The van der Waals surface area contributed by atoms with Gasteiger partial charge in [0.2, 0.25) is 65.3 Å². The molecule has 11 bridgehead atoms. The molecule has 7 aromatic rings. The number of aliphatic hydroxyl groups is 6. The molecule has 43 nitrogen and oxygen atoms in total. The largest absolute Gasteiger partial charge is 0.508 e. The number of amides is 8. The van der Waals surface area contributed by atoms with Crippen LogP contribution >= 0.6 is 42.4 Å². The highest BCUT2D eigenvalue weighted by molar-refractivity contribution is 7.52. The Bertz CT molecular complexity index is 5930. The summed E-state index contributed by atoms with van der Waals surface area (Å²) in [5.41, 5.74) is 6.94. The van der Waals surface area contributed by atoms with E-state index in [0.717, 1.165) is 83.4 Å². The zero-order valence-electron chi connectivity index (χ0n) is 76.5. The molecule has 3 saturated heterocycles. The van der Waals surface area contributed by atoms with Crippen LogP contribution in [0.4, 0.5) is 0 Å². The number of halogens is 3. The van der Waals surface area contributed by atoms with Crippen molar-refractivity contribution in [2.45, 2.75) is 233 Å². The van der Waals surface area contributed by atoms with Crippen molar-refractivity contribution in [2.75, 3.05) is 13.7 Å². The molecule has 47 heteroatoms. The molecule has 0 aromatic heterocycles. The van der Waals surface area contributed by atoms with E-state index in [1.165, 1.54) is 53.8 Å². The van der Waals surface area contributed by atoms with Crippen LogP contribution in [0, 0.1) is 11.3 Å². The highest BCUT2D eigenvalue weighted by Gasteiger charge is 2.54. The van der Waals surface area contributed by atoms with Gasteiger partial charge in [-0.2, -0.15) is 0 Å². The van der Waals surface area contributed by atoms with Crippen molar-refractivity contribution in [3.63, 3.8) is 0 Å². The fraction of sp³-hybridized carbons (Fsp3) is 0.441. The second kappa shape index (κ2) is 43.1. The number of carbonyl (C=O) groups excluding carboxylic acids is 9. The van der Waals surface area contributed by atoms with Gasteiger partial charge in [-0.15, -0.1) is 0 Å². The first-order valence-corrected chi connectivity index (χ1v) is 47.1. The van der Waals surface area contributed by atoms with E-state index in [-0.39, 0.29) is 36.4 Å². The van der Waals surface area contributed by atoms with E-state index >= 15 is 24.0 Å². The summed E-state index contributed by atoms with van der Waals surface area (Å²) in [6.07, 6.45) is -26.1. The number of aliphatic hydroxyl groups excluding tert-OH is 6. The first-order chi connectivity index (χ1) is 65.8. The molecule has 0 aliphatic carbocycles. The molecule has 754 valence electrons. The zero-order chi connectivity index (χ0) is 102. The van der Waals surface area contributed by atoms with Gasteiger partial charge in [-0.25, -0.2) is 4.79 Å². The molecule has 15 rings (SSSR count). The number of phenolic OH excluding ortho intramolecular Hbond substituents is 3. The van der Waals surface area contributed by atoms with E-state index in [9.17, 15) is 89.4 Å². The normalized spacial score (nSPS) is 28.2. The Kier molecular flexibility index (Phi) is 32.6. The van der Waals surface area contributed by atoms with Crippen LogP contribution in [0.5, 0.6) is 46.0 Å². The van der Waals surface area contributed by atoms with Gasteiger partial charge in [-0.1, -0.05) is 103 Å². The van der Waals surface area contributed by atoms with Gasteiger partial charge in [-0.3, -0.25) is 47.7 Å². The van der Waals surface area contributed by atoms with E-state index < -0.39 is 321 Å². The van der Waals surface area contributed by atoms with Crippen molar-refractivity contribution in [2.24, 2.45) is 22.8 Å². The standard InChI is InChI=1S/C93H109Cl3N11O32P/c1-38(2)24-54(99-9)81(118)106-71-73(113)45-17-22-58(52(95)26-45)134-60-28-47-29-61(77(60)139-88-78(75(115)74(114)62(136-88)37-131-89(126)91(5,6)33-64(112)102-90(127)140(128,129)130)138-66-35-93(8,80(117)40(4)133-66)100-36-41-10-12-42(13-11-41)43-14-19-48(94)20-15-43)135-59-23-18-46(27-53(59)96)76(137-65-34-92(7,98)79(116)39(3)132-65)72-86(123)105-70(87(124)125)51-30-49(108)31-57(110)67(51)50-25-44(16-21-56(50)109)68(83(120)107-72)104-84(121)69(47)103-82(119)55(32-63(97)111)101-85(71)122/h10-23,25-31,38-40,54-55,62,65-66,68-76,78-80,88,90,99-100,108-110,113-117,127H,24,32-37,98H2,1-9H3,(H2,97,111)(H,101,122)(H,102,112)(H,103,119)(H,104,121)(H,105,123)(H,106,118)(H,107,120)(H,124,125)(H2,128,129,130)/t39-,40-,54+,55-,62+,65-,66-,68+,69+,70-,71+,72-,73+,74+,75-,76+,78+,79-,80-,88-,90?,92-,93-/m0/s1. The van der Waals surface area contributed by atoms with Crippen LogP contribution in [0.1, 0.15) is 151 Å². The molecule has 3 fully saturated rings. The van der Waals surface area contributed by atoms with Crippen LogP contribution in [-0.2, 0) is 87.5 Å². The van der Waals surface area contributed by atoms with E-state index in [2.05, 4.69) is 42.5 Å². The summed E-state index contributed by atoms with van der Waals surface area (Å²) < 4.78 is 71.1. The second-order valence-electron chi connectivity index (χ2n) is 36.7. The molecule has 1 unspecified atom stereocenters. The molecule has 140 heavy (non-hydrogen) atoms. The molecule has 8 aliphatic rings. The number of fused-ring (bicyclic) bond motifs is 15. The Labute approximate surface area is 815 Å². The number of aromatic hydroxyl groups is 3. The van der Waals surface area contributed by atoms with Crippen molar-refractivity contribution >= 4 is 102 Å². The van der Waals surface area contributed by atoms with Gasteiger partial charge in [0.1, 0.15) is 96.1 Å². The molecule has 0 spiro atoms. The number of nitrogens with two attached hydrogens (primary N) is 2. The van der Waals surface area contributed by atoms with Crippen LogP contribution in [0.15, 0.2) is 127 Å². The summed E-state index contributed by atoms with van der Waals surface area (Å²) in [5, 5.41) is 140. The van der Waals surface area contributed by atoms with Crippen molar-refractivity contribution < 1.29 is 156 Å². The van der Waals surface area contributed by atoms with Gasteiger partial charge in [0.15, 0.2) is 36.2 Å². The third kappa shape index (κ3) is 24.1. The minimum Gasteiger partial charge on any atom is -0.508 e. The number of aliphatic carboxylic acids is 1. The zero-order valence-corrected chi connectivity index (χ0v) is 79.7. The van der Waals surface area contributed by atoms with Crippen molar-refractivity contribution in [1.29, 1.82) is 0 Å². The summed E-state index contributed by atoms with van der Waals surface area (Å²) in [5.74, 6) is -22.5. The summed E-state index contributed by atoms with van der Waals surface area (Å²) in [7, 11) is -3.90. The third-order valence-corrected chi connectivity index (χ3v) is 26.5. The lowest BCUT2D eigenvalue weighted by molar-refractivity contribution is -0.335. The minimum absolute atomic E-state index is 0.109. The number of carboxylic acids is 1. The average molecular weight is 2030 g/mol. The number of benzene rings is 7. The molecule has 7 aromatic carbocycles. The predicted molar refractivity (Wildman–Crippen MR) is 494 cm³/mol. The summed E-state index contributed by atoms with van der Waals surface area (Å²) in [4.78, 5) is 169.